The second kappa shape index (κ2) is 4.14. The highest BCUT2D eigenvalue weighted by molar-refractivity contribution is 6.13. The van der Waals surface area contributed by atoms with Crippen molar-refractivity contribution in [1.82, 2.24) is 9.78 Å². The van der Waals surface area contributed by atoms with E-state index in [1.165, 1.54) is 23.3 Å². The molecule has 110 valence electrons. The summed E-state index contributed by atoms with van der Waals surface area (Å²) in [7, 11) is 1.65. The summed E-state index contributed by atoms with van der Waals surface area (Å²) in [6, 6.07) is 4.79. The molecule has 0 atom stereocenters. The average Bonchev–Trinajstić information content (AvgIpc) is 3.19. The number of carboxylic acid groups (broad SMARTS) is 1. The first-order valence-electron chi connectivity index (χ1n) is 6.45. The number of carbonyl (C=O) groups is 1. The molecule has 4 rings (SSSR count). The van der Waals surface area contributed by atoms with E-state index in [1.807, 2.05) is 0 Å². The van der Waals surface area contributed by atoms with E-state index in [-0.39, 0.29) is 11.4 Å². The Bertz CT molecular complexity index is 985. The quantitative estimate of drug-likeness (QED) is 0.590. The monoisotopic (exact) mass is 298 g/mol. The fourth-order valence-electron chi connectivity index (χ4n) is 2.68. The van der Waals surface area contributed by atoms with E-state index in [2.05, 4.69) is 5.10 Å². The molecule has 0 spiro atoms. The molecule has 0 unspecified atom stereocenters. The Morgan fingerprint density at radius 1 is 1.18 bits per heavy atom. The molecule has 2 N–H and O–H groups in total. The first-order chi connectivity index (χ1) is 10.6. The lowest BCUT2D eigenvalue weighted by molar-refractivity contribution is 0.0689. The van der Waals surface area contributed by atoms with Crippen LogP contribution >= 0.6 is 0 Å². The fraction of sp³-hybridized carbons (Fsp3) is 0.0667. The third-order valence-electron chi connectivity index (χ3n) is 3.65. The average molecular weight is 298 g/mol. The first kappa shape index (κ1) is 12.5. The van der Waals surface area contributed by atoms with E-state index in [4.69, 9.17) is 13.9 Å². The predicted molar refractivity (Wildman–Crippen MR) is 76.8 cm³/mol. The lowest BCUT2D eigenvalue weighted by Gasteiger charge is -2.06. The third kappa shape index (κ3) is 1.50. The Hall–Kier alpha value is -3.22. The van der Waals surface area contributed by atoms with Gasteiger partial charge < -0.3 is 19.0 Å². The molecule has 0 radical (unpaired) electrons. The number of furan rings is 2. The highest BCUT2D eigenvalue weighted by Gasteiger charge is 2.23. The van der Waals surface area contributed by atoms with Gasteiger partial charge in [0.05, 0.1) is 29.2 Å². The third-order valence-corrected chi connectivity index (χ3v) is 3.65. The highest BCUT2D eigenvalue weighted by Crippen LogP contribution is 2.43. The molecule has 0 aliphatic heterocycles. The standard InChI is InChI=1S/C15H10N2O5/c1-17-10(6-9(16-17)15(19)20)11-7-2-4-22-14(7)12(18)8-3-5-21-13(8)11/h2-6,18H,1H3,(H,19,20). The number of rotatable bonds is 2. The maximum atomic E-state index is 11.1. The Morgan fingerprint density at radius 3 is 2.55 bits per heavy atom. The molecular formula is C15H10N2O5. The largest absolute Gasteiger partial charge is 0.504 e. The zero-order valence-corrected chi connectivity index (χ0v) is 11.4. The predicted octanol–water partition coefficient (Wildman–Crippen LogP) is 2.98. The van der Waals surface area contributed by atoms with Crippen LogP contribution in [-0.2, 0) is 7.05 Å². The summed E-state index contributed by atoms with van der Waals surface area (Å²) in [6.45, 7) is 0. The van der Waals surface area contributed by atoms with Crippen molar-refractivity contribution in [3.8, 4) is 17.0 Å². The van der Waals surface area contributed by atoms with Gasteiger partial charge in [0.1, 0.15) is 5.58 Å². The summed E-state index contributed by atoms with van der Waals surface area (Å²) < 4.78 is 12.3. The number of aryl methyl sites for hydroxylation is 1. The number of aromatic carboxylic acids is 1. The molecule has 0 amide bonds. The number of carboxylic acids is 1. The SMILES string of the molecule is Cn1nc(C(=O)O)cc1-c1c2ccoc2c(O)c2ccoc12. The number of aromatic hydroxyl groups is 1. The summed E-state index contributed by atoms with van der Waals surface area (Å²) >= 11 is 0. The van der Waals surface area contributed by atoms with Crippen molar-refractivity contribution < 1.29 is 23.8 Å². The zero-order chi connectivity index (χ0) is 15.4. The fourth-order valence-corrected chi connectivity index (χ4v) is 2.68. The van der Waals surface area contributed by atoms with Crippen LogP contribution in [0.15, 0.2) is 39.6 Å². The molecule has 0 bridgehead atoms. The van der Waals surface area contributed by atoms with Crippen molar-refractivity contribution in [2.75, 3.05) is 0 Å². The van der Waals surface area contributed by atoms with Crippen molar-refractivity contribution in [2.24, 2.45) is 7.05 Å². The Kier molecular flexibility index (Phi) is 2.35. The highest BCUT2D eigenvalue weighted by atomic mass is 16.4. The van der Waals surface area contributed by atoms with Crippen LogP contribution in [0.25, 0.3) is 33.2 Å². The molecule has 0 saturated carbocycles. The minimum Gasteiger partial charge on any atom is -0.504 e. The van der Waals surface area contributed by atoms with Gasteiger partial charge in [-0.2, -0.15) is 5.10 Å². The molecule has 4 aromatic rings. The number of benzene rings is 1. The summed E-state index contributed by atoms with van der Waals surface area (Å²) in [6.07, 6.45) is 2.92. The van der Waals surface area contributed by atoms with Gasteiger partial charge in [-0.3, -0.25) is 4.68 Å². The van der Waals surface area contributed by atoms with Gasteiger partial charge in [0, 0.05) is 12.4 Å². The van der Waals surface area contributed by atoms with Gasteiger partial charge in [-0.05, 0) is 18.2 Å². The summed E-state index contributed by atoms with van der Waals surface area (Å²) in [5.41, 5.74) is 1.89. The number of hydrogen-bond acceptors (Lipinski definition) is 5. The van der Waals surface area contributed by atoms with Crippen LogP contribution in [0.4, 0.5) is 0 Å². The van der Waals surface area contributed by atoms with Crippen molar-refractivity contribution in [2.45, 2.75) is 0 Å². The topological polar surface area (TPSA) is 102 Å². The van der Waals surface area contributed by atoms with Gasteiger partial charge in [0.15, 0.2) is 17.0 Å². The second-order valence-corrected chi connectivity index (χ2v) is 4.89. The summed E-state index contributed by atoms with van der Waals surface area (Å²) in [4.78, 5) is 11.1. The Morgan fingerprint density at radius 2 is 1.86 bits per heavy atom. The van der Waals surface area contributed by atoms with Crippen LogP contribution in [0.2, 0.25) is 0 Å². The zero-order valence-electron chi connectivity index (χ0n) is 11.4. The normalized spacial score (nSPS) is 11.5. The lowest BCUT2D eigenvalue weighted by Crippen LogP contribution is -1.99. The maximum Gasteiger partial charge on any atom is 0.356 e. The number of fused-ring (bicyclic) bond motifs is 2. The molecule has 1 aromatic carbocycles. The second-order valence-electron chi connectivity index (χ2n) is 4.89. The molecule has 3 heterocycles. The van der Waals surface area contributed by atoms with E-state index in [0.29, 0.717) is 33.2 Å². The van der Waals surface area contributed by atoms with Crippen LogP contribution in [0.1, 0.15) is 10.5 Å². The molecule has 0 aliphatic carbocycles. The molecule has 0 fully saturated rings. The van der Waals surface area contributed by atoms with Crippen molar-refractivity contribution >= 4 is 27.9 Å². The number of hydrogen-bond donors (Lipinski definition) is 2. The Labute approximate surface area is 123 Å². The van der Waals surface area contributed by atoms with E-state index in [9.17, 15) is 9.90 Å². The minimum atomic E-state index is -1.11. The van der Waals surface area contributed by atoms with Crippen LogP contribution in [0.5, 0.6) is 5.75 Å². The van der Waals surface area contributed by atoms with Gasteiger partial charge in [0.25, 0.3) is 0 Å². The van der Waals surface area contributed by atoms with Gasteiger partial charge >= 0.3 is 5.97 Å². The molecule has 7 heteroatoms. The molecule has 0 aliphatic rings. The van der Waals surface area contributed by atoms with Crippen LogP contribution in [0.3, 0.4) is 0 Å². The lowest BCUT2D eigenvalue weighted by atomic mass is 10.0. The van der Waals surface area contributed by atoms with Crippen LogP contribution in [-0.4, -0.2) is 26.0 Å². The van der Waals surface area contributed by atoms with Gasteiger partial charge in [0.2, 0.25) is 0 Å². The summed E-state index contributed by atoms with van der Waals surface area (Å²) in [5, 5.41) is 24.4. The first-order valence-corrected chi connectivity index (χ1v) is 6.45. The Balaban J connectivity index is 2.17. The number of phenols is 1. The van der Waals surface area contributed by atoms with Crippen LogP contribution < -0.4 is 0 Å². The number of nitrogens with zero attached hydrogens (tertiary/aromatic N) is 2. The van der Waals surface area contributed by atoms with Crippen molar-refractivity contribution in [3.05, 3.63) is 36.4 Å². The molecule has 3 aromatic heterocycles. The smallest absolute Gasteiger partial charge is 0.356 e. The molecule has 22 heavy (non-hydrogen) atoms. The van der Waals surface area contributed by atoms with E-state index in [1.54, 1.807) is 19.2 Å². The van der Waals surface area contributed by atoms with Crippen molar-refractivity contribution in [1.29, 1.82) is 0 Å². The summed E-state index contributed by atoms with van der Waals surface area (Å²) in [5.74, 6) is -1.12. The molecule has 7 nitrogen and oxygen atoms in total. The van der Waals surface area contributed by atoms with Crippen molar-refractivity contribution in [3.63, 3.8) is 0 Å². The van der Waals surface area contributed by atoms with Crippen LogP contribution in [0, 0.1) is 0 Å². The van der Waals surface area contributed by atoms with Gasteiger partial charge in [-0.15, -0.1) is 0 Å². The van der Waals surface area contributed by atoms with E-state index < -0.39 is 5.97 Å². The molecule has 0 saturated heterocycles. The van der Waals surface area contributed by atoms with Gasteiger partial charge in [-0.25, -0.2) is 4.79 Å². The van der Waals surface area contributed by atoms with E-state index >= 15 is 0 Å². The molecular weight excluding hydrogens is 288 g/mol. The number of phenolic OH excluding ortho intramolecular Hbond substituents is 1. The minimum absolute atomic E-state index is 0.00636. The van der Waals surface area contributed by atoms with Gasteiger partial charge in [-0.1, -0.05) is 0 Å². The maximum absolute atomic E-state index is 11.1. The number of aromatic nitrogens is 2. The van der Waals surface area contributed by atoms with E-state index in [0.717, 1.165) is 0 Å².